The molecule has 2 aromatic carbocycles. The van der Waals surface area contributed by atoms with E-state index in [4.69, 9.17) is 9.16 Å². The second-order valence-corrected chi connectivity index (χ2v) is 14.6. The van der Waals surface area contributed by atoms with Gasteiger partial charge in [-0.05, 0) is 29.3 Å². The van der Waals surface area contributed by atoms with Crippen molar-refractivity contribution >= 4 is 18.7 Å². The molecular weight excluding hydrogens is 400 g/mol. The fourth-order valence-electron chi connectivity index (χ4n) is 5.58. The maximum Gasteiger partial charge on any atom is 0.261 e. The van der Waals surface area contributed by atoms with E-state index in [-0.39, 0.29) is 16.7 Å². The van der Waals surface area contributed by atoms with Gasteiger partial charge in [0.05, 0.1) is 24.9 Å². The highest BCUT2D eigenvalue weighted by Crippen LogP contribution is 2.41. The largest absolute Gasteiger partial charge is 0.400 e. The molecule has 4 rings (SSSR count). The summed E-state index contributed by atoms with van der Waals surface area (Å²) >= 11 is 0. The number of nitrogens with one attached hydrogen (secondary N) is 1. The van der Waals surface area contributed by atoms with Gasteiger partial charge in [0.2, 0.25) is 0 Å². The molecule has 2 heterocycles. The van der Waals surface area contributed by atoms with Gasteiger partial charge in [-0.15, -0.1) is 0 Å². The molecule has 2 aliphatic rings. The van der Waals surface area contributed by atoms with Crippen molar-refractivity contribution in [2.24, 2.45) is 0 Å². The Bertz CT molecular complexity index is 815. The van der Waals surface area contributed by atoms with Crippen LogP contribution in [0.3, 0.4) is 0 Å². The van der Waals surface area contributed by atoms with Crippen molar-refractivity contribution in [3.05, 3.63) is 60.7 Å². The predicted molar refractivity (Wildman–Crippen MR) is 131 cm³/mol. The second-order valence-electron chi connectivity index (χ2n) is 10.4. The smallest absolute Gasteiger partial charge is 0.261 e. The first kappa shape index (κ1) is 22.7. The summed E-state index contributed by atoms with van der Waals surface area (Å²) in [6.07, 6.45) is 0.0272. The quantitative estimate of drug-likeness (QED) is 0.728. The van der Waals surface area contributed by atoms with Crippen LogP contribution in [0.5, 0.6) is 0 Å². The van der Waals surface area contributed by atoms with Gasteiger partial charge < -0.3 is 14.5 Å². The van der Waals surface area contributed by atoms with Crippen LogP contribution < -0.4 is 15.7 Å². The molecule has 0 spiro atoms. The maximum absolute atomic E-state index is 7.50. The zero-order valence-corrected chi connectivity index (χ0v) is 20.7. The lowest BCUT2D eigenvalue weighted by Crippen LogP contribution is -2.71. The number of ether oxygens (including phenoxy) is 1. The molecule has 168 valence electrons. The molecule has 2 aromatic rings. The average Bonchev–Trinajstić information content (AvgIpc) is 3.13. The van der Waals surface area contributed by atoms with Gasteiger partial charge in [0.25, 0.3) is 8.32 Å². The fourth-order valence-corrected chi connectivity index (χ4v) is 10.3. The first-order chi connectivity index (χ1) is 14.8. The summed E-state index contributed by atoms with van der Waals surface area (Å²) in [6.45, 7) is 16.1. The monoisotopic (exact) mass is 438 g/mol. The first-order valence-corrected chi connectivity index (χ1v) is 13.5. The first-order valence-electron chi connectivity index (χ1n) is 11.6. The minimum Gasteiger partial charge on any atom is -0.400 e. The molecule has 2 saturated heterocycles. The van der Waals surface area contributed by atoms with Crippen LogP contribution in [0.1, 0.15) is 34.6 Å². The van der Waals surface area contributed by atoms with E-state index < -0.39 is 8.32 Å². The Hall–Kier alpha value is -1.50. The topological polar surface area (TPSA) is 33.7 Å². The molecule has 0 amide bonds. The lowest BCUT2D eigenvalue weighted by molar-refractivity contribution is -0.0144. The summed E-state index contributed by atoms with van der Waals surface area (Å²) in [7, 11) is -2.61. The molecule has 0 saturated carbocycles. The van der Waals surface area contributed by atoms with Crippen molar-refractivity contribution < 1.29 is 9.16 Å². The van der Waals surface area contributed by atoms with E-state index in [1.165, 1.54) is 10.4 Å². The number of hydrogen-bond donors (Lipinski definition) is 1. The fraction of sp³-hybridized carbons (Fsp3) is 0.538. The van der Waals surface area contributed by atoms with Gasteiger partial charge in [-0.25, -0.2) is 0 Å². The SMILES string of the molecule is C[C@H]1CNCCN1[C@]1(C)COC[C@@H]1O[Si](c1ccccc1)(c1ccccc1)C(C)(C)C. The van der Waals surface area contributed by atoms with Gasteiger partial charge in [0.15, 0.2) is 0 Å². The van der Waals surface area contributed by atoms with E-state index in [1.54, 1.807) is 0 Å². The Morgan fingerprint density at radius 2 is 1.61 bits per heavy atom. The van der Waals surface area contributed by atoms with Crippen LogP contribution in [0.25, 0.3) is 0 Å². The van der Waals surface area contributed by atoms with Crippen LogP contribution in [0.15, 0.2) is 60.7 Å². The number of nitrogens with zero attached hydrogens (tertiary/aromatic N) is 1. The standard InChI is InChI=1S/C26H38N2O2Si/c1-21-18-27-16-17-28(21)26(5)20-29-19-24(26)30-31(25(2,3)4,22-12-8-6-9-13-22)23-14-10-7-11-15-23/h6-15,21,24,27H,16-20H2,1-5H3/t21-,24-,26+/m0/s1. The van der Waals surface area contributed by atoms with Crippen LogP contribution in [0.2, 0.25) is 5.04 Å². The number of hydrogen-bond acceptors (Lipinski definition) is 4. The Balaban J connectivity index is 1.81. The zero-order valence-electron chi connectivity index (χ0n) is 19.7. The summed E-state index contributed by atoms with van der Waals surface area (Å²) in [5, 5.41) is 6.16. The van der Waals surface area contributed by atoms with E-state index in [0.29, 0.717) is 12.6 Å². The molecule has 4 nitrogen and oxygen atoms in total. The number of rotatable bonds is 5. The normalized spacial score (nSPS) is 28.0. The maximum atomic E-state index is 7.50. The van der Waals surface area contributed by atoms with Crippen LogP contribution >= 0.6 is 0 Å². The molecule has 0 bridgehead atoms. The molecule has 31 heavy (non-hydrogen) atoms. The van der Waals surface area contributed by atoms with Gasteiger partial charge >= 0.3 is 0 Å². The lowest BCUT2D eigenvalue weighted by Gasteiger charge is -2.51. The third-order valence-corrected chi connectivity index (χ3v) is 12.3. The Kier molecular flexibility index (Phi) is 6.43. The molecule has 2 aliphatic heterocycles. The highest BCUT2D eigenvalue weighted by atomic mass is 28.4. The van der Waals surface area contributed by atoms with E-state index in [1.807, 2.05) is 0 Å². The molecule has 3 atom stereocenters. The van der Waals surface area contributed by atoms with Crippen LogP contribution in [0.4, 0.5) is 0 Å². The van der Waals surface area contributed by atoms with E-state index in [2.05, 4.69) is 105 Å². The highest BCUT2D eigenvalue weighted by molar-refractivity contribution is 6.99. The van der Waals surface area contributed by atoms with Gasteiger partial charge in [-0.3, -0.25) is 4.90 Å². The summed E-state index contributed by atoms with van der Waals surface area (Å²) in [5.41, 5.74) is -0.130. The minimum atomic E-state index is -2.61. The van der Waals surface area contributed by atoms with Gasteiger partial charge in [-0.2, -0.15) is 0 Å². The molecule has 5 heteroatoms. The van der Waals surface area contributed by atoms with Crippen molar-refractivity contribution in [3.63, 3.8) is 0 Å². The molecule has 0 unspecified atom stereocenters. The molecular formula is C26H38N2O2Si. The van der Waals surface area contributed by atoms with Crippen molar-refractivity contribution in [2.45, 2.75) is 57.3 Å². The van der Waals surface area contributed by atoms with E-state index in [0.717, 1.165) is 26.2 Å². The molecule has 0 radical (unpaired) electrons. The van der Waals surface area contributed by atoms with Crippen molar-refractivity contribution in [3.8, 4) is 0 Å². The van der Waals surface area contributed by atoms with Crippen LogP contribution in [0, 0.1) is 0 Å². The predicted octanol–water partition coefficient (Wildman–Crippen LogP) is 3.01. The second kappa shape index (κ2) is 8.79. The van der Waals surface area contributed by atoms with Gasteiger partial charge in [0, 0.05) is 25.7 Å². The third-order valence-electron chi connectivity index (χ3n) is 7.25. The van der Waals surface area contributed by atoms with Crippen LogP contribution in [-0.4, -0.2) is 63.8 Å². The zero-order chi connectivity index (χ0) is 22.1. The van der Waals surface area contributed by atoms with Gasteiger partial charge in [0.1, 0.15) is 0 Å². The summed E-state index contributed by atoms with van der Waals surface area (Å²) in [4.78, 5) is 2.62. The number of piperazine rings is 1. The molecule has 1 N–H and O–H groups in total. The summed E-state index contributed by atoms with van der Waals surface area (Å²) in [6, 6.07) is 22.3. The Labute approximate surface area is 189 Å². The lowest BCUT2D eigenvalue weighted by atomic mass is 9.93. The highest BCUT2D eigenvalue weighted by Gasteiger charge is 2.56. The van der Waals surface area contributed by atoms with Crippen molar-refractivity contribution in [1.29, 1.82) is 0 Å². The Morgan fingerprint density at radius 1 is 1.03 bits per heavy atom. The Morgan fingerprint density at radius 3 is 2.13 bits per heavy atom. The van der Waals surface area contributed by atoms with Crippen molar-refractivity contribution in [2.75, 3.05) is 32.8 Å². The van der Waals surface area contributed by atoms with E-state index >= 15 is 0 Å². The molecule has 0 aromatic heterocycles. The molecule has 0 aliphatic carbocycles. The van der Waals surface area contributed by atoms with Crippen molar-refractivity contribution in [1.82, 2.24) is 10.2 Å². The third kappa shape index (κ3) is 4.03. The van der Waals surface area contributed by atoms with E-state index in [9.17, 15) is 0 Å². The summed E-state index contributed by atoms with van der Waals surface area (Å²) < 4.78 is 13.6. The average molecular weight is 439 g/mol. The number of benzene rings is 2. The van der Waals surface area contributed by atoms with Crippen LogP contribution in [-0.2, 0) is 9.16 Å². The van der Waals surface area contributed by atoms with Gasteiger partial charge in [-0.1, -0.05) is 81.4 Å². The minimum absolute atomic E-state index is 0.0272. The summed E-state index contributed by atoms with van der Waals surface area (Å²) in [5.74, 6) is 0. The molecule has 2 fully saturated rings.